The average Bonchev–Trinajstić information content (AvgIpc) is 2.52. The molecule has 1 aromatic rings. The molecule has 0 bridgehead atoms. The molecule has 1 fully saturated rings. The van der Waals surface area contributed by atoms with Crippen molar-refractivity contribution < 1.29 is 9.31 Å². The fourth-order valence-corrected chi connectivity index (χ4v) is 1.59. The van der Waals surface area contributed by atoms with Crippen molar-refractivity contribution in [1.29, 1.82) is 0 Å². The van der Waals surface area contributed by atoms with Crippen LogP contribution in [0.1, 0.15) is 41.5 Å². The third kappa shape index (κ3) is 2.91. The van der Waals surface area contributed by atoms with Gasteiger partial charge in [-0.3, -0.25) is 0 Å². The summed E-state index contributed by atoms with van der Waals surface area (Å²) in [5.41, 5.74) is 0.567. The molecule has 0 spiro atoms. The maximum absolute atomic E-state index is 5.93. The number of benzene rings is 1. The molecule has 1 aliphatic heterocycles. The fourth-order valence-electron chi connectivity index (χ4n) is 1.59. The van der Waals surface area contributed by atoms with Crippen molar-refractivity contribution in [3.63, 3.8) is 0 Å². The van der Waals surface area contributed by atoms with Gasteiger partial charge in [-0.2, -0.15) is 0 Å². The van der Waals surface area contributed by atoms with Crippen LogP contribution in [0.4, 0.5) is 0 Å². The van der Waals surface area contributed by atoms with E-state index in [2.05, 4.69) is 27.7 Å². The van der Waals surface area contributed by atoms with Crippen molar-refractivity contribution in [2.24, 2.45) is 0 Å². The van der Waals surface area contributed by atoms with E-state index in [1.807, 2.05) is 44.2 Å². The highest BCUT2D eigenvalue weighted by Gasteiger charge is 2.51. The Bertz CT molecular complexity index is 330. The molecular weight excluding hydrogens is 211 g/mol. The summed E-state index contributed by atoms with van der Waals surface area (Å²) in [5, 5.41) is 0. The predicted octanol–water partition coefficient (Wildman–Crippen LogP) is 3.01. The van der Waals surface area contributed by atoms with Crippen LogP contribution in [-0.4, -0.2) is 18.3 Å². The molecule has 94 valence electrons. The van der Waals surface area contributed by atoms with E-state index in [0.29, 0.717) is 0 Å². The molecule has 17 heavy (non-hydrogen) atoms. The lowest BCUT2D eigenvalue weighted by molar-refractivity contribution is 0.00578. The Morgan fingerprint density at radius 1 is 0.824 bits per heavy atom. The van der Waals surface area contributed by atoms with Crippen LogP contribution in [0.15, 0.2) is 30.3 Å². The highest BCUT2D eigenvalue weighted by molar-refractivity contribution is 6.62. The topological polar surface area (TPSA) is 18.5 Å². The summed E-state index contributed by atoms with van der Waals surface area (Å²) in [6, 6.07) is 10.1. The molecule has 0 saturated carbocycles. The van der Waals surface area contributed by atoms with Crippen molar-refractivity contribution >= 4 is 12.6 Å². The molecule has 0 aromatic heterocycles. The lowest BCUT2D eigenvalue weighted by atomic mass is 9.79. The average molecular weight is 234 g/mol. The van der Waals surface area contributed by atoms with E-state index >= 15 is 0 Å². The van der Waals surface area contributed by atoms with Gasteiger partial charge in [-0.25, -0.2) is 0 Å². The van der Waals surface area contributed by atoms with Gasteiger partial charge in [0.2, 0.25) is 0 Å². The SMILES string of the molecule is CC.CC1(C)OB(c2ccccc2)OC1(C)C. The van der Waals surface area contributed by atoms with Crippen molar-refractivity contribution in [3.8, 4) is 0 Å². The van der Waals surface area contributed by atoms with E-state index < -0.39 is 0 Å². The van der Waals surface area contributed by atoms with Crippen molar-refractivity contribution in [3.05, 3.63) is 30.3 Å². The van der Waals surface area contributed by atoms with Gasteiger partial charge in [0.25, 0.3) is 0 Å². The third-order valence-electron chi connectivity index (χ3n) is 3.32. The van der Waals surface area contributed by atoms with E-state index in [1.54, 1.807) is 0 Å². The molecule has 2 nitrogen and oxygen atoms in total. The van der Waals surface area contributed by atoms with Crippen LogP contribution in [-0.2, 0) is 9.31 Å². The largest absolute Gasteiger partial charge is 0.494 e. The minimum atomic E-state index is -0.256. The number of hydrogen-bond acceptors (Lipinski definition) is 2. The van der Waals surface area contributed by atoms with Crippen LogP contribution < -0.4 is 5.46 Å². The van der Waals surface area contributed by atoms with Crippen molar-refractivity contribution in [2.45, 2.75) is 52.7 Å². The lowest BCUT2D eigenvalue weighted by Crippen LogP contribution is -2.41. The molecule has 0 unspecified atom stereocenters. The Balaban J connectivity index is 0.000000686. The number of rotatable bonds is 1. The molecule has 1 aromatic carbocycles. The van der Waals surface area contributed by atoms with E-state index in [4.69, 9.17) is 9.31 Å². The fraction of sp³-hybridized carbons (Fsp3) is 0.571. The minimum absolute atomic E-state index is 0.240. The molecule has 3 heteroatoms. The molecule has 0 amide bonds. The summed E-state index contributed by atoms with van der Waals surface area (Å²) >= 11 is 0. The maximum Gasteiger partial charge on any atom is 0.494 e. The molecule has 0 radical (unpaired) electrons. The van der Waals surface area contributed by atoms with Crippen LogP contribution in [0, 0.1) is 0 Å². The summed E-state index contributed by atoms with van der Waals surface area (Å²) < 4.78 is 11.9. The molecular formula is C14H23BO2. The zero-order valence-electron chi connectivity index (χ0n) is 11.8. The summed E-state index contributed by atoms with van der Waals surface area (Å²) in [6.45, 7) is 12.3. The minimum Gasteiger partial charge on any atom is -0.399 e. The van der Waals surface area contributed by atoms with E-state index in [-0.39, 0.29) is 18.3 Å². The van der Waals surface area contributed by atoms with E-state index in [1.165, 1.54) is 0 Å². The van der Waals surface area contributed by atoms with Gasteiger partial charge in [0.05, 0.1) is 11.2 Å². The molecule has 0 atom stereocenters. The summed E-state index contributed by atoms with van der Waals surface area (Å²) in [6.07, 6.45) is 0. The van der Waals surface area contributed by atoms with Gasteiger partial charge in [0.15, 0.2) is 0 Å². The van der Waals surface area contributed by atoms with Crippen LogP contribution in [0.25, 0.3) is 0 Å². The smallest absolute Gasteiger partial charge is 0.399 e. The van der Waals surface area contributed by atoms with Gasteiger partial charge in [-0.15, -0.1) is 0 Å². The molecule has 2 rings (SSSR count). The quantitative estimate of drug-likeness (QED) is 0.695. The second-order valence-electron chi connectivity index (χ2n) is 5.00. The molecule has 0 aliphatic carbocycles. The van der Waals surface area contributed by atoms with Crippen molar-refractivity contribution in [2.75, 3.05) is 0 Å². The molecule has 1 aliphatic rings. The first kappa shape index (κ1) is 14.3. The monoisotopic (exact) mass is 234 g/mol. The second kappa shape index (κ2) is 5.24. The predicted molar refractivity (Wildman–Crippen MR) is 73.5 cm³/mol. The second-order valence-corrected chi connectivity index (χ2v) is 5.00. The van der Waals surface area contributed by atoms with Gasteiger partial charge in [0.1, 0.15) is 0 Å². The lowest BCUT2D eigenvalue weighted by Gasteiger charge is -2.32. The molecule has 1 saturated heterocycles. The highest BCUT2D eigenvalue weighted by atomic mass is 16.7. The summed E-state index contributed by atoms with van der Waals surface area (Å²) in [4.78, 5) is 0. The molecule has 1 heterocycles. The Morgan fingerprint density at radius 2 is 1.24 bits per heavy atom. The van der Waals surface area contributed by atoms with Crippen LogP contribution in [0.3, 0.4) is 0 Å². The van der Waals surface area contributed by atoms with Crippen LogP contribution in [0.5, 0.6) is 0 Å². The zero-order chi connectivity index (χ0) is 13.1. The first-order valence-electron chi connectivity index (χ1n) is 6.33. The number of hydrogen-bond donors (Lipinski definition) is 0. The summed E-state index contributed by atoms with van der Waals surface area (Å²) in [5.74, 6) is 0. The van der Waals surface area contributed by atoms with Gasteiger partial charge < -0.3 is 9.31 Å². The van der Waals surface area contributed by atoms with Crippen LogP contribution >= 0.6 is 0 Å². The zero-order valence-corrected chi connectivity index (χ0v) is 11.8. The van der Waals surface area contributed by atoms with E-state index in [0.717, 1.165) is 5.46 Å². The standard InChI is InChI=1S/C12H17BO2.C2H6/c1-11(2)12(3,4)15-13(14-11)10-8-6-5-7-9-10;1-2/h5-9H,1-4H3;1-2H3. The normalized spacial score (nSPS) is 20.7. The first-order valence-corrected chi connectivity index (χ1v) is 6.33. The Kier molecular flexibility index (Phi) is 4.39. The summed E-state index contributed by atoms with van der Waals surface area (Å²) in [7, 11) is -0.240. The first-order chi connectivity index (χ1) is 7.92. The van der Waals surface area contributed by atoms with E-state index in [9.17, 15) is 0 Å². The third-order valence-corrected chi connectivity index (χ3v) is 3.32. The van der Waals surface area contributed by atoms with Gasteiger partial charge in [-0.05, 0) is 33.2 Å². The van der Waals surface area contributed by atoms with Crippen LogP contribution in [0.2, 0.25) is 0 Å². The Labute approximate surface area is 105 Å². The maximum atomic E-state index is 5.93. The van der Waals surface area contributed by atoms with Gasteiger partial charge in [0, 0.05) is 0 Å². The Morgan fingerprint density at radius 3 is 1.65 bits per heavy atom. The van der Waals surface area contributed by atoms with Crippen molar-refractivity contribution in [1.82, 2.24) is 0 Å². The molecule has 0 N–H and O–H groups in total. The highest BCUT2D eigenvalue weighted by Crippen LogP contribution is 2.36. The van der Waals surface area contributed by atoms with Gasteiger partial charge in [-0.1, -0.05) is 44.2 Å². The van der Waals surface area contributed by atoms with Gasteiger partial charge >= 0.3 is 7.12 Å². The Hall–Kier alpha value is -0.795.